The van der Waals surface area contributed by atoms with Gasteiger partial charge in [0, 0.05) is 37.0 Å². The van der Waals surface area contributed by atoms with Crippen molar-refractivity contribution in [3.63, 3.8) is 0 Å². The predicted molar refractivity (Wildman–Crippen MR) is 92.7 cm³/mol. The first-order valence-electron chi connectivity index (χ1n) is 7.88. The third-order valence-corrected chi connectivity index (χ3v) is 3.50. The Kier molecular flexibility index (Phi) is 6.59. The van der Waals surface area contributed by atoms with Crippen LogP contribution in [0.25, 0.3) is 0 Å². The third-order valence-electron chi connectivity index (χ3n) is 3.50. The monoisotopic (exact) mass is 344 g/mol. The van der Waals surface area contributed by atoms with Gasteiger partial charge in [-0.15, -0.1) is 0 Å². The zero-order valence-electron chi connectivity index (χ0n) is 14.3. The number of halogens is 1. The first kappa shape index (κ1) is 18.5. The molecule has 0 radical (unpaired) electrons. The summed E-state index contributed by atoms with van der Waals surface area (Å²) in [4.78, 5) is 30.2. The Labute approximate surface area is 146 Å². The summed E-state index contributed by atoms with van der Waals surface area (Å²) in [6.45, 7) is 1.27. The molecule has 0 fully saturated rings. The van der Waals surface area contributed by atoms with Gasteiger partial charge in [-0.1, -0.05) is 18.2 Å². The van der Waals surface area contributed by atoms with Crippen molar-refractivity contribution in [2.75, 3.05) is 27.2 Å². The number of carbonyl (C=O) groups excluding carboxylic acids is 2. The number of likely N-dealkylation sites (N-methyl/N-ethyl adjacent to an activating group) is 1. The van der Waals surface area contributed by atoms with E-state index in [-0.39, 0.29) is 24.0 Å². The molecule has 0 bridgehead atoms. The van der Waals surface area contributed by atoms with Crippen molar-refractivity contribution in [1.29, 1.82) is 0 Å². The number of aromatic nitrogens is 1. The summed E-state index contributed by atoms with van der Waals surface area (Å²) in [6, 6.07) is 9.17. The largest absolute Gasteiger partial charge is 0.351 e. The molecule has 2 amide bonds. The van der Waals surface area contributed by atoms with Crippen molar-refractivity contribution in [2.24, 2.45) is 0 Å². The van der Waals surface area contributed by atoms with Crippen LogP contribution in [0.5, 0.6) is 0 Å². The van der Waals surface area contributed by atoms with Gasteiger partial charge in [0.05, 0.1) is 0 Å². The van der Waals surface area contributed by atoms with Gasteiger partial charge in [-0.2, -0.15) is 0 Å². The number of rotatable bonds is 7. The number of hydrogen-bond donors (Lipinski definition) is 2. The fraction of sp³-hybridized carbons (Fsp3) is 0.278. The summed E-state index contributed by atoms with van der Waals surface area (Å²) in [5.74, 6) is -1.12. The van der Waals surface area contributed by atoms with Crippen LogP contribution in [-0.2, 0) is 6.54 Å². The first-order valence-corrected chi connectivity index (χ1v) is 7.88. The molecule has 1 aromatic heterocycles. The molecule has 7 heteroatoms. The highest BCUT2D eigenvalue weighted by Crippen LogP contribution is 2.07. The predicted octanol–water partition coefficient (Wildman–Crippen LogP) is 1.44. The Hall–Kier alpha value is -2.80. The molecule has 0 atom stereocenters. The second kappa shape index (κ2) is 8.89. The minimum atomic E-state index is -0.466. The highest BCUT2D eigenvalue weighted by Gasteiger charge is 2.12. The van der Waals surface area contributed by atoms with Gasteiger partial charge < -0.3 is 15.5 Å². The topological polar surface area (TPSA) is 74.3 Å². The van der Waals surface area contributed by atoms with E-state index in [1.54, 1.807) is 24.3 Å². The molecule has 1 aromatic carbocycles. The number of pyridine rings is 1. The van der Waals surface area contributed by atoms with Crippen LogP contribution in [-0.4, -0.2) is 48.9 Å². The highest BCUT2D eigenvalue weighted by atomic mass is 19.1. The maximum absolute atomic E-state index is 13.6. The first-order chi connectivity index (χ1) is 12.0. The Balaban J connectivity index is 1.96. The summed E-state index contributed by atoms with van der Waals surface area (Å²) in [5, 5.41) is 5.37. The number of carbonyl (C=O) groups is 2. The van der Waals surface area contributed by atoms with Crippen molar-refractivity contribution in [2.45, 2.75) is 6.54 Å². The normalized spacial score (nSPS) is 10.6. The number of benzene rings is 1. The molecule has 2 rings (SSSR count). The molecule has 0 aliphatic carbocycles. The van der Waals surface area contributed by atoms with Crippen molar-refractivity contribution >= 4 is 11.8 Å². The van der Waals surface area contributed by atoms with Gasteiger partial charge in [-0.25, -0.2) is 4.39 Å². The molecule has 0 saturated carbocycles. The molecule has 6 nitrogen and oxygen atoms in total. The Morgan fingerprint density at radius 1 is 1.12 bits per heavy atom. The standard InChI is InChI=1S/C18H21FN4O2/c1-23(2)10-9-21-17(24)13-7-8-20-16(11-13)18(25)22-12-14-5-3-4-6-15(14)19/h3-8,11H,9-10,12H2,1-2H3,(H,21,24)(H,22,25). The second-order valence-electron chi connectivity index (χ2n) is 5.76. The van der Waals surface area contributed by atoms with Gasteiger partial charge in [0.1, 0.15) is 11.5 Å². The minimum absolute atomic E-state index is 0.0481. The van der Waals surface area contributed by atoms with Gasteiger partial charge in [-0.3, -0.25) is 14.6 Å². The van der Waals surface area contributed by atoms with Crippen LogP contribution in [0.2, 0.25) is 0 Å². The maximum Gasteiger partial charge on any atom is 0.270 e. The Morgan fingerprint density at radius 3 is 2.60 bits per heavy atom. The lowest BCUT2D eigenvalue weighted by Gasteiger charge is -2.11. The SMILES string of the molecule is CN(C)CCNC(=O)c1ccnc(C(=O)NCc2ccccc2F)c1. The molecule has 0 unspecified atom stereocenters. The minimum Gasteiger partial charge on any atom is -0.351 e. The molecule has 132 valence electrons. The van der Waals surface area contributed by atoms with E-state index in [9.17, 15) is 14.0 Å². The average molecular weight is 344 g/mol. The van der Waals surface area contributed by atoms with E-state index in [4.69, 9.17) is 0 Å². The molecule has 2 aromatic rings. The highest BCUT2D eigenvalue weighted by molar-refractivity contribution is 5.98. The lowest BCUT2D eigenvalue weighted by Crippen LogP contribution is -2.31. The van der Waals surface area contributed by atoms with Crippen molar-refractivity contribution in [1.82, 2.24) is 20.5 Å². The summed E-state index contributed by atoms with van der Waals surface area (Å²) in [5.41, 5.74) is 0.842. The van der Waals surface area contributed by atoms with E-state index in [1.165, 1.54) is 18.3 Å². The van der Waals surface area contributed by atoms with Crippen molar-refractivity contribution < 1.29 is 14.0 Å². The number of nitrogens with one attached hydrogen (secondary N) is 2. The van der Waals surface area contributed by atoms with Gasteiger partial charge in [0.15, 0.2) is 0 Å². The molecule has 2 N–H and O–H groups in total. The lowest BCUT2D eigenvalue weighted by molar-refractivity contribution is 0.0945. The Morgan fingerprint density at radius 2 is 1.88 bits per heavy atom. The molecular weight excluding hydrogens is 323 g/mol. The van der Waals surface area contributed by atoms with Crippen LogP contribution < -0.4 is 10.6 Å². The van der Waals surface area contributed by atoms with E-state index in [0.717, 1.165) is 0 Å². The third kappa shape index (κ3) is 5.65. The van der Waals surface area contributed by atoms with Crippen LogP contribution in [0.3, 0.4) is 0 Å². The van der Waals surface area contributed by atoms with E-state index < -0.39 is 5.91 Å². The molecule has 0 aliphatic heterocycles. The Bertz CT molecular complexity index is 749. The molecule has 0 spiro atoms. The molecule has 0 aliphatic rings. The smallest absolute Gasteiger partial charge is 0.270 e. The van der Waals surface area contributed by atoms with Crippen molar-refractivity contribution in [3.8, 4) is 0 Å². The number of nitrogens with zero attached hydrogens (tertiary/aromatic N) is 2. The van der Waals surface area contributed by atoms with Crippen LogP contribution in [0.15, 0.2) is 42.6 Å². The zero-order chi connectivity index (χ0) is 18.2. The van der Waals surface area contributed by atoms with Gasteiger partial charge in [0.2, 0.25) is 0 Å². The summed E-state index contributed by atoms with van der Waals surface area (Å²) in [6.07, 6.45) is 1.40. The quantitative estimate of drug-likeness (QED) is 0.797. The lowest BCUT2D eigenvalue weighted by atomic mass is 10.2. The van der Waals surface area contributed by atoms with E-state index in [1.807, 2.05) is 19.0 Å². The van der Waals surface area contributed by atoms with Crippen LogP contribution in [0.1, 0.15) is 26.4 Å². The van der Waals surface area contributed by atoms with Crippen molar-refractivity contribution in [3.05, 3.63) is 65.2 Å². The molecule has 25 heavy (non-hydrogen) atoms. The van der Waals surface area contributed by atoms with E-state index >= 15 is 0 Å². The number of hydrogen-bond acceptors (Lipinski definition) is 4. The maximum atomic E-state index is 13.6. The zero-order valence-corrected chi connectivity index (χ0v) is 14.3. The number of amides is 2. The summed E-state index contributed by atoms with van der Waals surface area (Å²) >= 11 is 0. The van der Waals surface area contributed by atoms with Gasteiger partial charge in [0.25, 0.3) is 11.8 Å². The second-order valence-corrected chi connectivity index (χ2v) is 5.76. The van der Waals surface area contributed by atoms with Crippen LogP contribution in [0.4, 0.5) is 4.39 Å². The van der Waals surface area contributed by atoms with Crippen LogP contribution in [0, 0.1) is 5.82 Å². The molecule has 1 heterocycles. The van der Waals surface area contributed by atoms with Gasteiger partial charge >= 0.3 is 0 Å². The summed E-state index contributed by atoms with van der Waals surface area (Å²) < 4.78 is 13.6. The van der Waals surface area contributed by atoms with E-state index in [0.29, 0.717) is 24.2 Å². The molecular formula is C18H21FN4O2. The van der Waals surface area contributed by atoms with Gasteiger partial charge in [-0.05, 0) is 32.3 Å². The fourth-order valence-electron chi connectivity index (χ4n) is 2.10. The van der Waals surface area contributed by atoms with Crippen LogP contribution >= 0.6 is 0 Å². The van der Waals surface area contributed by atoms with E-state index in [2.05, 4.69) is 15.6 Å². The fourth-order valence-corrected chi connectivity index (χ4v) is 2.10. The molecule has 0 saturated heterocycles. The average Bonchev–Trinajstić information content (AvgIpc) is 2.60. The summed E-state index contributed by atoms with van der Waals surface area (Å²) in [7, 11) is 3.83.